The molecule has 1 heteroatoms. The third kappa shape index (κ3) is 3.16. The zero-order valence-corrected chi connectivity index (χ0v) is 16.8. The Morgan fingerprint density at radius 2 is 1.58 bits per heavy atom. The van der Waals surface area contributed by atoms with Crippen molar-refractivity contribution in [2.75, 3.05) is 0 Å². The van der Waals surface area contributed by atoms with Gasteiger partial charge in [0, 0.05) is 5.56 Å². The Hall–Kier alpha value is -2.15. The van der Waals surface area contributed by atoms with Gasteiger partial charge in [-0.15, -0.1) is 6.58 Å². The van der Waals surface area contributed by atoms with Crippen molar-refractivity contribution in [1.82, 2.24) is 0 Å². The first-order chi connectivity index (χ1) is 12.2. The molecule has 0 N–H and O–H groups in total. The summed E-state index contributed by atoms with van der Waals surface area (Å²) in [6.07, 6.45) is 6.08. The van der Waals surface area contributed by atoms with Crippen LogP contribution in [0.4, 0.5) is 0 Å². The maximum absolute atomic E-state index is 11.3. The number of carbonyl (C=O) groups excluding carboxylic acids is 1. The first kappa shape index (κ1) is 18.6. The summed E-state index contributed by atoms with van der Waals surface area (Å²) >= 11 is 0. The minimum atomic E-state index is 0.175. The second kappa shape index (κ2) is 6.54. The highest BCUT2D eigenvalue weighted by molar-refractivity contribution is 5.82. The van der Waals surface area contributed by atoms with Crippen molar-refractivity contribution >= 4 is 6.29 Å². The van der Waals surface area contributed by atoms with Crippen LogP contribution in [0.2, 0.25) is 0 Å². The molecule has 0 saturated carbocycles. The Morgan fingerprint density at radius 1 is 0.962 bits per heavy atom. The molecule has 0 amide bonds. The molecule has 1 aliphatic rings. The van der Waals surface area contributed by atoms with E-state index in [1.807, 2.05) is 18.2 Å². The molecule has 1 aliphatic carbocycles. The van der Waals surface area contributed by atoms with E-state index in [0.29, 0.717) is 0 Å². The number of allylic oxidation sites excluding steroid dienone is 1. The Bertz CT molecular complexity index is 868. The lowest BCUT2D eigenvalue weighted by Gasteiger charge is -2.42. The molecular formula is C25H30O. The Kier molecular flexibility index (Phi) is 4.69. The van der Waals surface area contributed by atoms with E-state index in [2.05, 4.69) is 59.4 Å². The average Bonchev–Trinajstić information content (AvgIpc) is 2.59. The second-order valence-corrected chi connectivity index (χ2v) is 9.01. The van der Waals surface area contributed by atoms with Crippen molar-refractivity contribution in [3.8, 4) is 11.1 Å². The smallest absolute Gasteiger partial charge is 0.150 e. The summed E-state index contributed by atoms with van der Waals surface area (Å²) in [6.45, 7) is 15.5. The number of fused-ring (bicyclic) bond motifs is 1. The van der Waals surface area contributed by atoms with Crippen LogP contribution in [0.1, 0.15) is 73.1 Å². The molecule has 136 valence electrons. The van der Waals surface area contributed by atoms with E-state index in [1.54, 1.807) is 0 Å². The molecule has 0 aliphatic heterocycles. The molecule has 0 bridgehead atoms. The molecule has 2 aromatic carbocycles. The SMILES string of the molecule is C=CCc1ccc(C=O)cc1-c1cc2c(cc1C)C(C)(C)CCC2(C)C. The molecule has 0 unspecified atom stereocenters. The van der Waals surface area contributed by atoms with Crippen molar-refractivity contribution in [3.05, 3.63) is 70.8 Å². The summed E-state index contributed by atoms with van der Waals surface area (Å²) < 4.78 is 0. The summed E-state index contributed by atoms with van der Waals surface area (Å²) in [5.41, 5.74) is 8.96. The number of hydrogen-bond acceptors (Lipinski definition) is 1. The van der Waals surface area contributed by atoms with Gasteiger partial charge in [0.2, 0.25) is 0 Å². The molecule has 2 aromatic rings. The van der Waals surface area contributed by atoms with Crippen molar-refractivity contribution in [2.24, 2.45) is 0 Å². The predicted molar refractivity (Wildman–Crippen MR) is 111 cm³/mol. The lowest BCUT2D eigenvalue weighted by molar-refractivity contribution is 0.112. The Labute approximate surface area is 158 Å². The van der Waals surface area contributed by atoms with E-state index in [0.717, 1.165) is 23.8 Å². The molecule has 0 heterocycles. The van der Waals surface area contributed by atoms with Gasteiger partial charge in [-0.2, -0.15) is 0 Å². The van der Waals surface area contributed by atoms with Gasteiger partial charge in [0.1, 0.15) is 6.29 Å². The normalized spacial score (nSPS) is 17.4. The highest BCUT2D eigenvalue weighted by Gasteiger charge is 2.37. The van der Waals surface area contributed by atoms with Crippen LogP contribution in [-0.4, -0.2) is 6.29 Å². The van der Waals surface area contributed by atoms with Crippen LogP contribution < -0.4 is 0 Å². The fraction of sp³-hybridized carbons (Fsp3) is 0.400. The van der Waals surface area contributed by atoms with Crippen LogP contribution in [0.25, 0.3) is 11.1 Å². The van der Waals surface area contributed by atoms with Crippen LogP contribution in [0.3, 0.4) is 0 Å². The molecule has 3 rings (SSSR count). The minimum absolute atomic E-state index is 0.175. The van der Waals surface area contributed by atoms with Crippen LogP contribution in [-0.2, 0) is 17.3 Å². The monoisotopic (exact) mass is 346 g/mol. The molecular weight excluding hydrogens is 316 g/mol. The van der Waals surface area contributed by atoms with Crippen molar-refractivity contribution < 1.29 is 4.79 Å². The summed E-state index contributed by atoms with van der Waals surface area (Å²) in [6, 6.07) is 10.8. The average molecular weight is 347 g/mol. The molecule has 1 nitrogen and oxygen atoms in total. The van der Waals surface area contributed by atoms with Crippen LogP contribution in [0, 0.1) is 6.92 Å². The van der Waals surface area contributed by atoms with Crippen LogP contribution in [0.5, 0.6) is 0 Å². The lowest BCUT2D eigenvalue weighted by atomic mass is 9.62. The maximum atomic E-state index is 11.3. The molecule has 0 saturated heterocycles. The van der Waals surface area contributed by atoms with E-state index in [9.17, 15) is 4.79 Å². The number of aldehydes is 1. The summed E-state index contributed by atoms with van der Waals surface area (Å²) in [5, 5.41) is 0. The predicted octanol–water partition coefficient (Wildman–Crippen LogP) is 6.55. The zero-order valence-electron chi connectivity index (χ0n) is 16.8. The van der Waals surface area contributed by atoms with Crippen molar-refractivity contribution in [1.29, 1.82) is 0 Å². The fourth-order valence-electron chi connectivity index (χ4n) is 4.26. The van der Waals surface area contributed by atoms with Gasteiger partial charge in [0.15, 0.2) is 0 Å². The fourth-order valence-corrected chi connectivity index (χ4v) is 4.26. The summed E-state index contributed by atoms with van der Waals surface area (Å²) in [7, 11) is 0. The Balaban J connectivity index is 2.28. The second-order valence-electron chi connectivity index (χ2n) is 9.01. The molecule has 0 atom stereocenters. The Morgan fingerprint density at radius 3 is 2.15 bits per heavy atom. The number of carbonyl (C=O) groups is 1. The molecule has 0 spiro atoms. The molecule has 26 heavy (non-hydrogen) atoms. The number of aryl methyl sites for hydroxylation is 1. The third-order valence-corrected chi connectivity index (χ3v) is 6.12. The van der Waals surface area contributed by atoms with Gasteiger partial charge in [-0.25, -0.2) is 0 Å². The van der Waals surface area contributed by atoms with E-state index < -0.39 is 0 Å². The standard InChI is InChI=1S/C25H30O/c1-7-8-19-10-9-18(16-26)14-21(19)20-15-23-22(13-17(20)2)24(3,4)11-12-25(23,5)6/h7,9-10,13-16H,1,8,11-12H2,2-6H3. The van der Waals surface area contributed by atoms with Gasteiger partial charge in [-0.3, -0.25) is 4.79 Å². The van der Waals surface area contributed by atoms with Crippen LogP contribution >= 0.6 is 0 Å². The first-order valence-corrected chi connectivity index (χ1v) is 9.54. The molecule has 0 fully saturated rings. The van der Waals surface area contributed by atoms with Crippen molar-refractivity contribution in [2.45, 2.75) is 64.7 Å². The van der Waals surface area contributed by atoms with E-state index >= 15 is 0 Å². The molecule has 0 aromatic heterocycles. The van der Waals surface area contributed by atoms with E-state index in [4.69, 9.17) is 0 Å². The van der Waals surface area contributed by atoms with Gasteiger partial charge in [0.05, 0.1) is 0 Å². The van der Waals surface area contributed by atoms with Crippen LogP contribution in [0.15, 0.2) is 43.0 Å². The number of benzene rings is 2. The highest BCUT2D eigenvalue weighted by atomic mass is 16.1. The van der Waals surface area contributed by atoms with Gasteiger partial charge in [-0.05, 0) is 76.5 Å². The van der Waals surface area contributed by atoms with Gasteiger partial charge in [-0.1, -0.05) is 58.0 Å². The topological polar surface area (TPSA) is 17.1 Å². The zero-order chi connectivity index (χ0) is 19.1. The van der Waals surface area contributed by atoms with E-state index in [-0.39, 0.29) is 10.8 Å². The maximum Gasteiger partial charge on any atom is 0.150 e. The number of rotatable bonds is 4. The summed E-state index contributed by atoms with van der Waals surface area (Å²) in [5.74, 6) is 0. The lowest BCUT2D eigenvalue weighted by Crippen LogP contribution is -2.34. The van der Waals surface area contributed by atoms with Gasteiger partial charge < -0.3 is 0 Å². The first-order valence-electron chi connectivity index (χ1n) is 9.54. The van der Waals surface area contributed by atoms with Crippen molar-refractivity contribution in [3.63, 3.8) is 0 Å². The third-order valence-electron chi connectivity index (χ3n) is 6.12. The van der Waals surface area contributed by atoms with E-state index in [1.165, 1.54) is 40.7 Å². The highest BCUT2D eigenvalue weighted by Crippen LogP contribution is 2.47. The minimum Gasteiger partial charge on any atom is -0.298 e. The van der Waals surface area contributed by atoms with Gasteiger partial charge >= 0.3 is 0 Å². The summed E-state index contributed by atoms with van der Waals surface area (Å²) in [4.78, 5) is 11.3. The largest absolute Gasteiger partial charge is 0.298 e. The van der Waals surface area contributed by atoms with Gasteiger partial charge in [0.25, 0.3) is 0 Å². The quantitative estimate of drug-likeness (QED) is 0.453. The number of hydrogen-bond donors (Lipinski definition) is 0. The molecule has 0 radical (unpaired) electrons.